The van der Waals surface area contributed by atoms with Gasteiger partial charge in [-0.15, -0.1) is 0 Å². The molecule has 2 aliphatic heterocycles. The SMILES string of the molecule is COc1cc(/C=C2\SC(N3CCCCC3)=NC2=O)cc(OC)c1. The van der Waals surface area contributed by atoms with Crippen LogP contribution in [0.15, 0.2) is 28.1 Å². The van der Waals surface area contributed by atoms with E-state index in [1.165, 1.54) is 31.0 Å². The van der Waals surface area contributed by atoms with Gasteiger partial charge in [0.15, 0.2) is 5.17 Å². The average molecular weight is 332 g/mol. The number of likely N-dealkylation sites (tertiary alicyclic amines) is 1. The summed E-state index contributed by atoms with van der Waals surface area (Å²) in [7, 11) is 3.22. The van der Waals surface area contributed by atoms with E-state index in [0.717, 1.165) is 23.8 Å². The van der Waals surface area contributed by atoms with Gasteiger partial charge in [-0.25, -0.2) is 0 Å². The third-order valence-corrected chi connectivity index (χ3v) is 4.95. The Labute approximate surface area is 140 Å². The number of benzene rings is 1. The second-order valence-electron chi connectivity index (χ2n) is 5.50. The van der Waals surface area contributed by atoms with E-state index in [2.05, 4.69) is 9.89 Å². The third-order valence-electron chi connectivity index (χ3n) is 3.91. The van der Waals surface area contributed by atoms with Gasteiger partial charge in [-0.2, -0.15) is 4.99 Å². The molecule has 0 radical (unpaired) electrons. The van der Waals surface area contributed by atoms with E-state index >= 15 is 0 Å². The van der Waals surface area contributed by atoms with Gasteiger partial charge in [0.1, 0.15) is 11.5 Å². The first-order chi connectivity index (χ1) is 11.2. The molecular formula is C17H20N2O3S. The molecule has 0 atom stereocenters. The predicted octanol–water partition coefficient (Wildman–Crippen LogP) is 3.16. The second-order valence-corrected chi connectivity index (χ2v) is 6.51. The van der Waals surface area contributed by atoms with Gasteiger partial charge in [0.05, 0.1) is 19.1 Å². The number of nitrogens with zero attached hydrogens (tertiary/aromatic N) is 2. The maximum absolute atomic E-state index is 12.2. The van der Waals surface area contributed by atoms with Crippen LogP contribution in [-0.4, -0.2) is 43.3 Å². The molecule has 0 bridgehead atoms. The van der Waals surface area contributed by atoms with Crippen molar-refractivity contribution in [2.24, 2.45) is 4.99 Å². The van der Waals surface area contributed by atoms with Crippen LogP contribution in [-0.2, 0) is 4.79 Å². The molecule has 5 nitrogen and oxygen atoms in total. The lowest BCUT2D eigenvalue weighted by atomic mass is 10.1. The molecule has 1 aromatic rings. The second kappa shape index (κ2) is 7.08. The molecule has 2 aliphatic rings. The van der Waals surface area contributed by atoms with Crippen molar-refractivity contribution in [3.05, 3.63) is 28.7 Å². The van der Waals surface area contributed by atoms with Crippen LogP contribution in [0.4, 0.5) is 0 Å². The van der Waals surface area contributed by atoms with Gasteiger partial charge in [-0.3, -0.25) is 4.79 Å². The van der Waals surface area contributed by atoms with E-state index in [0.29, 0.717) is 16.4 Å². The molecular weight excluding hydrogens is 312 g/mol. The highest BCUT2D eigenvalue weighted by atomic mass is 32.2. The Morgan fingerprint density at radius 2 is 1.74 bits per heavy atom. The Balaban J connectivity index is 1.80. The summed E-state index contributed by atoms with van der Waals surface area (Å²) in [6.07, 6.45) is 5.44. The van der Waals surface area contributed by atoms with Crippen molar-refractivity contribution in [3.63, 3.8) is 0 Å². The van der Waals surface area contributed by atoms with E-state index < -0.39 is 0 Å². The summed E-state index contributed by atoms with van der Waals surface area (Å²) in [5.41, 5.74) is 0.868. The van der Waals surface area contributed by atoms with Crippen LogP contribution in [0.5, 0.6) is 11.5 Å². The summed E-state index contributed by atoms with van der Waals surface area (Å²) in [6.45, 7) is 1.97. The minimum absolute atomic E-state index is 0.169. The third kappa shape index (κ3) is 3.69. The number of carbonyl (C=O) groups is 1. The van der Waals surface area contributed by atoms with Crippen LogP contribution in [0.1, 0.15) is 24.8 Å². The van der Waals surface area contributed by atoms with Gasteiger partial charge in [-0.1, -0.05) is 0 Å². The summed E-state index contributed by atoms with van der Waals surface area (Å²) in [6, 6.07) is 5.56. The van der Waals surface area contributed by atoms with Crippen LogP contribution in [0.25, 0.3) is 6.08 Å². The average Bonchev–Trinajstić information content (AvgIpc) is 2.96. The number of amides is 1. The largest absolute Gasteiger partial charge is 0.497 e. The van der Waals surface area contributed by atoms with Crippen molar-refractivity contribution in [2.45, 2.75) is 19.3 Å². The zero-order valence-corrected chi connectivity index (χ0v) is 14.2. The predicted molar refractivity (Wildman–Crippen MR) is 93.0 cm³/mol. The Bertz CT molecular complexity index is 642. The molecule has 0 N–H and O–H groups in total. The molecule has 0 saturated carbocycles. The number of aliphatic imine (C=N–C) groups is 1. The molecule has 122 valence electrons. The van der Waals surface area contributed by atoms with Crippen molar-refractivity contribution < 1.29 is 14.3 Å². The molecule has 1 fully saturated rings. The van der Waals surface area contributed by atoms with Crippen molar-refractivity contribution in [1.29, 1.82) is 0 Å². The lowest BCUT2D eigenvalue weighted by Gasteiger charge is -2.27. The number of hydrogen-bond donors (Lipinski definition) is 0. The zero-order chi connectivity index (χ0) is 16.2. The van der Waals surface area contributed by atoms with Crippen LogP contribution in [0, 0.1) is 0 Å². The van der Waals surface area contributed by atoms with Crippen LogP contribution < -0.4 is 9.47 Å². The molecule has 6 heteroatoms. The first-order valence-electron chi connectivity index (χ1n) is 7.70. The van der Waals surface area contributed by atoms with Gasteiger partial charge < -0.3 is 14.4 Å². The van der Waals surface area contributed by atoms with Gasteiger partial charge in [0.25, 0.3) is 5.91 Å². The highest BCUT2D eigenvalue weighted by Crippen LogP contribution is 2.33. The maximum Gasteiger partial charge on any atom is 0.286 e. The molecule has 1 amide bonds. The minimum atomic E-state index is -0.169. The number of methoxy groups -OCH3 is 2. The van der Waals surface area contributed by atoms with Gasteiger partial charge in [0.2, 0.25) is 0 Å². The first kappa shape index (κ1) is 15.9. The smallest absolute Gasteiger partial charge is 0.286 e. The number of rotatable bonds is 3. The number of ether oxygens (including phenoxy) is 2. The highest BCUT2D eigenvalue weighted by molar-refractivity contribution is 8.18. The van der Waals surface area contributed by atoms with Crippen LogP contribution in [0.2, 0.25) is 0 Å². The quantitative estimate of drug-likeness (QED) is 0.796. The topological polar surface area (TPSA) is 51.1 Å². The Morgan fingerprint density at radius 1 is 1.09 bits per heavy atom. The summed E-state index contributed by atoms with van der Waals surface area (Å²) < 4.78 is 10.5. The first-order valence-corrected chi connectivity index (χ1v) is 8.52. The van der Waals surface area contributed by atoms with Crippen LogP contribution in [0.3, 0.4) is 0 Å². The van der Waals surface area contributed by atoms with Crippen LogP contribution >= 0.6 is 11.8 Å². The molecule has 0 aliphatic carbocycles. The normalized spacial score (nSPS) is 19.9. The molecule has 1 saturated heterocycles. The van der Waals surface area contributed by atoms with Crippen molar-refractivity contribution in [3.8, 4) is 11.5 Å². The fraction of sp³-hybridized carbons (Fsp3) is 0.412. The fourth-order valence-electron chi connectivity index (χ4n) is 2.68. The lowest BCUT2D eigenvalue weighted by molar-refractivity contribution is -0.113. The standard InChI is InChI=1S/C17H20N2O3S/c1-21-13-8-12(9-14(11-13)22-2)10-15-16(20)18-17(23-15)19-6-4-3-5-7-19/h8-11H,3-7H2,1-2H3/b15-10-. The fourth-order valence-corrected chi connectivity index (χ4v) is 3.65. The zero-order valence-electron chi connectivity index (χ0n) is 13.4. The summed E-state index contributed by atoms with van der Waals surface area (Å²) >= 11 is 1.45. The Kier molecular flexibility index (Phi) is 4.91. The summed E-state index contributed by atoms with van der Waals surface area (Å²) in [5.74, 6) is 1.23. The van der Waals surface area contributed by atoms with Crippen molar-refractivity contribution in [2.75, 3.05) is 27.3 Å². The van der Waals surface area contributed by atoms with E-state index in [4.69, 9.17) is 9.47 Å². The minimum Gasteiger partial charge on any atom is -0.497 e. The van der Waals surface area contributed by atoms with E-state index in [-0.39, 0.29) is 5.91 Å². The molecule has 3 rings (SSSR count). The summed E-state index contributed by atoms with van der Waals surface area (Å²) in [5, 5.41) is 0.829. The number of hydrogen-bond acceptors (Lipinski definition) is 5. The number of amidine groups is 1. The monoisotopic (exact) mass is 332 g/mol. The van der Waals surface area contributed by atoms with E-state index in [1.54, 1.807) is 20.3 Å². The van der Waals surface area contributed by atoms with Crippen molar-refractivity contribution in [1.82, 2.24) is 4.90 Å². The van der Waals surface area contributed by atoms with Crippen molar-refractivity contribution >= 4 is 28.9 Å². The van der Waals surface area contributed by atoms with Gasteiger partial charge in [0, 0.05) is 19.2 Å². The molecule has 1 aromatic carbocycles. The molecule has 0 aromatic heterocycles. The lowest BCUT2D eigenvalue weighted by Crippen LogP contribution is -2.33. The molecule has 0 unspecified atom stereocenters. The maximum atomic E-state index is 12.2. The number of piperidine rings is 1. The molecule has 23 heavy (non-hydrogen) atoms. The van der Waals surface area contributed by atoms with E-state index in [1.807, 2.05) is 18.2 Å². The Morgan fingerprint density at radius 3 is 2.35 bits per heavy atom. The number of carbonyl (C=O) groups excluding carboxylic acids is 1. The van der Waals surface area contributed by atoms with E-state index in [9.17, 15) is 4.79 Å². The molecule has 2 heterocycles. The Hall–Kier alpha value is -1.95. The highest BCUT2D eigenvalue weighted by Gasteiger charge is 2.26. The molecule has 0 spiro atoms. The summed E-state index contributed by atoms with van der Waals surface area (Å²) in [4.78, 5) is 19.2. The van der Waals surface area contributed by atoms with Gasteiger partial charge >= 0.3 is 0 Å². The number of thioether (sulfide) groups is 1. The van der Waals surface area contributed by atoms with Gasteiger partial charge in [-0.05, 0) is 54.8 Å².